The summed E-state index contributed by atoms with van der Waals surface area (Å²) in [7, 11) is -1.78. The minimum absolute atomic E-state index is 0.122. The van der Waals surface area contributed by atoms with E-state index >= 15 is 0 Å². The Morgan fingerprint density at radius 3 is 2.91 bits per heavy atom. The van der Waals surface area contributed by atoms with Crippen LogP contribution in [0, 0.1) is 5.92 Å². The highest BCUT2D eigenvalue weighted by Gasteiger charge is 2.25. The molecule has 1 atom stereocenters. The van der Waals surface area contributed by atoms with Gasteiger partial charge in [0.1, 0.15) is 4.21 Å². The molecule has 1 amide bonds. The number of piperidine rings is 1. The van der Waals surface area contributed by atoms with E-state index in [9.17, 15) is 13.2 Å². The van der Waals surface area contributed by atoms with Gasteiger partial charge in [-0.25, -0.2) is 13.1 Å². The molecule has 2 N–H and O–H groups in total. The summed E-state index contributed by atoms with van der Waals surface area (Å²) < 4.78 is 27.0. The Bertz CT molecular complexity index is 616. The van der Waals surface area contributed by atoms with Crippen LogP contribution in [-0.2, 0) is 14.8 Å². The average molecular weight is 366 g/mol. The van der Waals surface area contributed by atoms with Gasteiger partial charge in [-0.05, 0) is 44.5 Å². The van der Waals surface area contributed by atoms with Crippen molar-refractivity contribution in [3.63, 3.8) is 0 Å². The highest BCUT2D eigenvalue weighted by molar-refractivity contribution is 7.91. The molecule has 1 aromatic rings. The summed E-state index contributed by atoms with van der Waals surface area (Å²) in [4.78, 5) is 13.9. The first kappa shape index (κ1) is 17.7. The average Bonchev–Trinajstić information content (AvgIpc) is 2.93. The second-order valence-corrected chi connectivity index (χ2v) is 9.00. The van der Waals surface area contributed by atoms with Crippen LogP contribution in [0.1, 0.15) is 12.8 Å². The van der Waals surface area contributed by atoms with Gasteiger partial charge in [-0.2, -0.15) is 0 Å². The van der Waals surface area contributed by atoms with E-state index in [4.69, 9.17) is 11.6 Å². The van der Waals surface area contributed by atoms with Gasteiger partial charge in [0.2, 0.25) is 5.91 Å². The molecule has 124 valence electrons. The van der Waals surface area contributed by atoms with Crippen LogP contribution in [0.25, 0.3) is 0 Å². The zero-order valence-corrected chi connectivity index (χ0v) is 14.7. The van der Waals surface area contributed by atoms with Crippen molar-refractivity contribution in [2.24, 2.45) is 5.92 Å². The standard InChI is InChI=1S/C13H20ClN3O3S2/c1-15-7-10-3-2-6-17(9-10)12(18)8-16-22(19,20)13-5-4-11(14)21-13/h4-5,10,15-16H,2-3,6-9H2,1H3. The monoisotopic (exact) mass is 365 g/mol. The molecule has 0 aromatic carbocycles. The zero-order valence-electron chi connectivity index (χ0n) is 12.3. The first-order valence-electron chi connectivity index (χ1n) is 7.10. The van der Waals surface area contributed by atoms with Gasteiger partial charge in [-0.1, -0.05) is 11.6 Å². The number of carbonyl (C=O) groups is 1. The third kappa shape index (κ3) is 4.66. The number of amides is 1. The van der Waals surface area contributed by atoms with Crippen molar-refractivity contribution in [3.05, 3.63) is 16.5 Å². The van der Waals surface area contributed by atoms with Crippen LogP contribution in [0.15, 0.2) is 16.3 Å². The van der Waals surface area contributed by atoms with Gasteiger partial charge < -0.3 is 10.2 Å². The van der Waals surface area contributed by atoms with Crippen LogP contribution < -0.4 is 10.0 Å². The molecule has 0 aliphatic carbocycles. The van der Waals surface area contributed by atoms with Gasteiger partial charge in [0.25, 0.3) is 10.0 Å². The van der Waals surface area contributed by atoms with Gasteiger partial charge >= 0.3 is 0 Å². The minimum Gasteiger partial charge on any atom is -0.341 e. The Morgan fingerprint density at radius 2 is 2.27 bits per heavy atom. The van der Waals surface area contributed by atoms with Crippen molar-refractivity contribution in [3.8, 4) is 0 Å². The van der Waals surface area contributed by atoms with Crippen LogP contribution in [-0.4, -0.2) is 52.5 Å². The van der Waals surface area contributed by atoms with Gasteiger partial charge in [-0.15, -0.1) is 11.3 Å². The minimum atomic E-state index is -3.67. The number of hydrogen-bond donors (Lipinski definition) is 2. The maximum Gasteiger partial charge on any atom is 0.250 e. The lowest BCUT2D eigenvalue weighted by molar-refractivity contribution is -0.131. The summed E-state index contributed by atoms with van der Waals surface area (Å²) in [6.45, 7) is 2.01. The first-order valence-corrected chi connectivity index (χ1v) is 9.77. The lowest BCUT2D eigenvalue weighted by Gasteiger charge is -2.32. The van der Waals surface area contributed by atoms with Crippen LogP contribution in [0.4, 0.5) is 0 Å². The van der Waals surface area contributed by atoms with Crippen LogP contribution >= 0.6 is 22.9 Å². The molecule has 2 heterocycles. The summed E-state index contributed by atoms with van der Waals surface area (Å²) in [6.07, 6.45) is 2.04. The van der Waals surface area contributed by atoms with E-state index in [0.29, 0.717) is 23.3 Å². The second kappa shape index (κ2) is 7.74. The Morgan fingerprint density at radius 1 is 1.50 bits per heavy atom. The number of sulfonamides is 1. The molecular weight excluding hydrogens is 346 g/mol. The zero-order chi connectivity index (χ0) is 16.2. The summed E-state index contributed by atoms with van der Waals surface area (Å²) in [5, 5.41) is 3.12. The normalized spacial score (nSPS) is 19.4. The Labute approximate surface area is 139 Å². The van der Waals surface area contributed by atoms with E-state index in [1.54, 1.807) is 4.90 Å². The molecule has 1 aliphatic rings. The molecule has 1 unspecified atom stereocenters. The number of rotatable bonds is 6. The number of thiophene rings is 1. The van der Waals surface area contributed by atoms with Crippen LogP contribution in [0.2, 0.25) is 4.34 Å². The molecule has 6 nitrogen and oxygen atoms in total. The van der Waals surface area contributed by atoms with Gasteiger partial charge in [0.15, 0.2) is 0 Å². The second-order valence-electron chi connectivity index (χ2n) is 5.29. The maximum absolute atomic E-state index is 12.2. The fourth-order valence-electron chi connectivity index (χ4n) is 2.53. The molecule has 22 heavy (non-hydrogen) atoms. The lowest BCUT2D eigenvalue weighted by Crippen LogP contribution is -2.46. The molecule has 0 saturated carbocycles. The molecule has 1 saturated heterocycles. The predicted molar refractivity (Wildman–Crippen MR) is 87.7 cm³/mol. The molecule has 0 spiro atoms. The van der Waals surface area contributed by atoms with Crippen LogP contribution in [0.3, 0.4) is 0 Å². The molecule has 1 fully saturated rings. The van der Waals surface area contributed by atoms with Crippen molar-refractivity contribution in [1.29, 1.82) is 0 Å². The summed E-state index contributed by atoms with van der Waals surface area (Å²) in [5.41, 5.74) is 0. The van der Waals surface area contributed by atoms with E-state index in [2.05, 4.69) is 10.0 Å². The van der Waals surface area contributed by atoms with Crippen molar-refractivity contribution in [1.82, 2.24) is 14.9 Å². The number of halogens is 1. The largest absolute Gasteiger partial charge is 0.341 e. The molecule has 0 bridgehead atoms. The number of hydrogen-bond acceptors (Lipinski definition) is 5. The van der Waals surface area contributed by atoms with E-state index in [1.807, 2.05) is 7.05 Å². The fraction of sp³-hybridized carbons (Fsp3) is 0.615. The number of nitrogens with one attached hydrogen (secondary N) is 2. The van der Waals surface area contributed by atoms with E-state index in [1.165, 1.54) is 12.1 Å². The fourth-order valence-corrected chi connectivity index (χ4v) is 5.03. The first-order chi connectivity index (χ1) is 10.4. The summed E-state index contributed by atoms with van der Waals surface area (Å²) in [6, 6.07) is 2.96. The SMILES string of the molecule is CNCC1CCCN(C(=O)CNS(=O)(=O)c2ccc(Cl)s2)C1. The molecule has 0 radical (unpaired) electrons. The van der Waals surface area contributed by atoms with Gasteiger partial charge in [-0.3, -0.25) is 4.79 Å². The van der Waals surface area contributed by atoms with E-state index < -0.39 is 10.0 Å². The van der Waals surface area contributed by atoms with Crippen molar-refractivity contribution < 1.29 is 13.2 Å². The van der Waals surface area contributed by atoms with Gasteiger partial charge in [0, 0.05) is 13.1 Å². The lowest BCUT2D eigenvalue weighted by atomic mass is 9.98. The Balaban J connectivity index is 1.89. The molecule has 1 aliphatic heterocycles. The topological polar surface area (TPSA) is 78.5 Å². The van der Waals surface area contributed by atoms with Crippen molar-refractivity contribution in [2.45, 2.75) is 17.1 Å². The highest BCUT2D eigenvalue weighted by Crippen LogP contribution is 2.25. The third-order valence-electron chi connectivity index (χ3n) is 3.59. The molecule has 2 rings (SSSR count). The number of carbonyl (C=O) groups excluding carboxylic acids is 1. The Hall–Kier alpha value is -0.670. The van der Waals surface area contributed by atoms with Crippen LogP contribution in [0.5, 0.6) is 0 Å². The smallest absolute Gasteiger partial charge is 0.250 e. The highest BCUT2D eigenvalue weighted by atomic mass is 35.5. The van der Waals surface area contributed by atoms with Crippen molar-refractivity contribution >= 4 is 38.9 Å². The van der Waals surface area contributed by atoms with Gasteiger partial charge in [0.05, 0.1) is 10.9 Å². The molecular formula is C13H20ClN3O3S2. The quantitative estimate of drug-likeness (QED) is 0.792. The van der Waals surface area contributed by atoms with Crippen molar-refractivity contribution in [2.75, 3.05) is 33.2 Å². The number of nitrogens with zero attached hydrogens (tertiary/aromatic N) is 1. The molecule has 1 aromatic heterocycles. The molecule has 9 heteroatoms. The predicted octanol–water partition coefficient (Wildman–Crippen LogP) is 1.14. The summed E-state index contributed by atoms with van der Waals surface area (Å²) >= 11 is 6.71. The van der Waals surface area contributed by atoms with E-state index in [0.717, 1.165) is 30.7 Å². The van der Waals surface area contributed by atoms with E-state index in [-0.39, 0.29) is 16.7 Å². The maximum atomic E-state index is 12.2. The Kier molecular flexibility index (Phi) is 6.22. The third-order valence-corrected chi connectivity index (χ3v) is 6.72. The number of likely N-dealkylation sites (tertiary alicyclic amines) is 1. The summed E-state index contributed by atoms with van der Waals surface area (Å²) in [5.74, 6) is 0.238.